The number of morpholine rings is 1. The van der Waals surface area contributed by atoms with E-state index >= 15 is 0 Å². The summed E-state index contributed by atoms with van der Waals surface area (Å²) in [5.41, 5.74) is 0. The van der Waals surface area contributed by atoms with Gasteiger partial charge in [-0.15, -0.1) is 0 Å². The lowest BCUT2D eigenvalue weighted by molar-refractivity contribution is -0.0552. The van der Waals surface area contributed by atoms with E-state index in [4.69, 9.17) is 4.74 Å². The van der Waals surface area contributed by atoms with Crippen molar-refractivity contribution < 1.29 is 4.74 Å². The fourth-order valence-corrected chi connectivity index (χ4v) is 2.55. The molecular weight excluding hydrogens is 212 g/mol. The van der Waals surface area contributed by atoms with Gasteiger partial charge >= 0.3 is 0 Å². The van der Waals surface area contributed by atoms with Crippen molar-refractivity contribution in [1.29, 1.82) is 0 Å². The van der Waals surface area contributed by atoms with Gasteiger partial charge < -0.3 is 10.1 Å². The maximum atomic E-state index is 5.72. The Morgan fingerprint density at radius 1 is 1.41 bits per heavy atom. The van der Waals surface area contributed by atoms with Crippen LogP contribution in [0.2, 0.25) is 0 Å². The molecule has 0 aliphatic carbocycles. The van der Waals surface area contributed by atoms with Crippen LogP contribution in [0.25, 0.3) is 0 Å². The van der Waals surface area contributed by atoms with Gasteiger partial charge in [-0.25, -0.2) is 0 Å². The minimum absolute atomic E-state index is 0.394. The van der Waals surface area contributed by atoms with Crippen LogP contribution in [0.4, 0.5) is 0 Å². The van der Waals surface area contributed by atoms with Crippen LogP contribution in [0.5, 0.6) is 0 Å². The molecule has 0 saturated carbocycles. The van der Waals surface area contributed by atoms with Crippen LogP contribution in [-0.2, 0) is 4.74 Å². The van der Waals surface area contributed by atoms with Crippen molar-refractivity contribution >= 4 is 0 Å². The molecule has 3 heteroatoms. The summed E-state index contributed by atoms with van der Waals surface area (Å²) in [6, 6.07) is 1.27. The first-order valence-electron chi connectivity index (χ1n) is 7.26. The number of hydrogen-bond donors (Lipinski definition) is 1. The quantitative estimate of drug-likeness (QED) is 0.741. The van der Waals surface area contributed by atoms with E-state index < -0.39 is 0 Å². The van der Waals surface area contributed by atoms with Crippen molar-refractivity contribution in [3.63, 3.8) is 0 Å². The third-order valence-electron chi connectivity index (χ3n) is 3.67. The fourth-order valence-electron chi connectivity index (χ4n) is 2.55. The molecule has 1 rings (SSSR count). The highest BCUT2D eigenvalue weighted by Gasteiger charge is 2.24. The van der Waals surface area contributed by atoms with Crippen LogP contribution >= 0.6 is 0 Å². The number of nitrogens with zero attached hydrogens (tertiary/aromatic N) is 1. The molecule has 3 atom stereocenters. The molecule has 3 unspecified atom stereocenters. The van der Waals surface area contributed by atoms with Gasteiger partial charge in [-0.1, -0.05) is 20.3 Å². The van der Waals surface area contributed by atoms with E-state index in [1.165, 1.54) is 19.3 Å². The first-order valence-corrected chi connectivity index (χ1v) is 7.26. The van der Waals surface area contributed by atoms with Crippen molar-refractivity contribution in [1.82, 2.24) is 10.2 Å². The molecule has 1 N–H and O–H groups in total. The minimum Gasteiger partial charge on any atom is -0.376 e. The van der Waals surface area contributed by atoms with Crippen LogP contribution in [-0.4, -0.2) is 49.3 Å². The Morgan fingerprint density at radius 2 is 2.18 bits per heavy atom. The standard InChI is InChI=1S/C14H30N2O/c1-5-7-12(3)15-8-9-16-10-13(4)17-11-14(16)6-2/h12-15H,5-11H2,1-4H3. The lowest BCUT2D eigenvalue weighted by atomic mass is 10.1. The molecule has 1 aliphatic heterocycles. The van der Waals surface area contributed by atoms with E-state index in [0.29, 0.717) is 18.2 Å². The van der Waals surface area contributed by atoms with Crippen molar-refractivity contribution in [2.24, 2.45) is 0 Å². The van der Waals surface area contributed by atoms with Crippen molar-refractivity contribution in [2.45, 2.75) is 65.1 Å². The molecule has 0 aromatic heterocycles. The summed E-state index contributed by atoms with van der Waals surface area (Å²) in [6.45, 7) is 13.2. The maximum absolute atomic E-state index is 5.72. The third kappa shape index (κ3) is 5.36. The summed E-state index contributed by atoms with van der Waals surface area (Å²) in [7, 11) is 0. The van der Waals surface area contributed by atoms with Gasteiger partial charge in [0.05, 0.1) is 12.7 Å². The van der Waals surface area contributed by atoms with Gasteiger partial charge in [0.1, 0.15) is 0 Å². The van der Waals surface area contributed by atoms with Gasteiger partial charge in [0.15, 0.2) is 0 Å². The average molecular weight is 242 g/mol. The zero-order chi connectivity index (χ0) is 12.7. The van der Waals surface area contributed by atoms with Gasteiger partial charge in [-0.3, -0.25) is 4.90 Å². The molecule has 0 radical (unpaired) electrons. The summed E-state index contributed by atoms with van der Waals surface area (Å²) >= 11 is 0. The topological polar surface area (TPSA) is 24.5 Å². The monoisotopic (exact) mass is 242 g/mol. The summed E-state index contributed by atoms with van der Waals surface area (Å²) in [5.74, 6) is 0. The second-order valence-corrected chi connectivity index (χ2v) is 5.34. The van der Waals surface area contributed by atoms with Crippen LogP contribution < -0.4 is 5.32 Å². The molecule has 102 valence electrons. The van der Waals surface area contributed by atoms with E-state index in [1.807, 2.05) is 0 Å². The molecule has 0 amide bonds. The molecule has 1 saturated heterocycles. The van der Waals surface area contributed by atoms with Crippen molar-refractivity contribution in [3.05, 3.63) is 0 Å². The molecule has 17 heavy (non-hydrogen) atoms. The maximum Gasteiger partial charge on any atom is 0.0674 e. The van der Waals surface area contributed by atoms with Crippen LogP contribution in [0.15, 0.2) is 0 Å². The number of ether oxygens (including phenoxy) is 1. The smallest absolute Gasteiger partial charge is 0.0674 e. The van der Waals surface area contributed by atoms with E-state index in [0.717, 1.165) is 26.2 Å². The highest BCUT2D eigenvalue weighted by molar-refractivity contribution is 4.78. The largest absolute Gasteiger partial charge is 0.376 e. The SMILES string of the molecule is CCCC(C)NCCN1CC(C)OCC1CC. The Morgan fingerprint density at radius 3 is 2.82 bits per heavy atom. The number of rotatable bonds is 7. The van der Waals surface area contributed by atoms with E-state index in [2.05, 4.69) is 37.9 Å². The second kappa shape index (κ2) is 8.06. The zero-order valence-corrected chi connectivity index (χ0v) is 12.0. The van der Waals surface area contributed by atoms with Crippen LogP contribution in [0.1, 0.15) is 47.0 Å². The lowest BCUT2D eigenvalue weighted by Crippen LogP contribution is -2.50. The van der Waals surface area contributed by atoms with E-state index in [-0.39, 0.29) is 0 Å². The van der Waals surface area contributed by atoms with E-state index in [1.54, 1.807) is 0 Å². The third-order valence-corrected chi connectivity index (χ3v) is 3.67. The Balaban J connectivity index is 2.23. The van der Waals surface area contributed by atoms with Gasteiger partial charge in [0.25, 0.3) is 0 Å². The summed E-state index contributed by atoms with van der Waals surface area (Å²) in [4.78, 5) is 2.58. The summed E-state index contributed by atoms with van der Waals surface area (Å²) in [6.07, 6.45) is 4.12. The predicted molar refractivity (Wildman–Crippen MR) is 73.4 cm³/mol. The van der Waals surface area contributed by atoms with Crippen molar-refractivity contribution in [2.75, 3.05) is 26.2 Å². The van der Waals surface area contributed by atoms with Crippen LogP contribution in [0, 0.1) is 0 Å². The molecular formula is C14H30N2O. The highest BCUT2D eigenvalue weighted by Crippen LogP contribution is 2.13. The Labute approximate surface area is 107 Å². The first kappa shape index (κ1) is 14.9. The Hall–Kier alpha value is -0.120. The molecule has 0 aromatic carbocycles. The highest BCUT2D eigenvalue weighted by atomic mass is 16.5. The first-order chi connectivity index (χ1) is 8.17. The number of hydrogen-bond acceptors (Lipinski definition) is 3. The predicted octanol–water partition coefficient (Wildman–Crippen LogP) is 2.26. The Kier molecular flexibility index (Phi) is 7.09. The number of nitrogens with one attached hydrogen (secondary N) is 1. The van der Waals surface area contributed by atoms with E-state index in [9.17, 15) is 0 Å². The van der Waals surface area contributed by atoms with Crippen molar-refractivity contribution in [3.8, 4) is 0 Å². The molecule has 0 aromatic rings. The normalized spacial score (nSPS) is 28.2. The van der Waals surface area contributed by atoms with Crippen LogP contribution in [0.3, 0.4) is 0 Å². The molecule has 3 nitrogen and oxygen atoms in total. The average Bonchev–Trinajstić information content (AvgIpc) is 2.30. The minimum atomic E-state index is 0.394. The lowest BCUT2D eigenvalue weighted by Gasteiger charge is -2.38. The molecule has 1 fully saturated rings. The summed E-state index contributed by atoms with van der Waals surface area (Å²) in [5, 5.41) is 3.61. The summed E-state index contributed by atoms with van der Waals surface area (Å²) < 4.78 is 5.72. The van der Waals surface area contributed by atoms with Gasteiger partial charge in [-0.2, -0.15) is 0 Å². The second-order valence-electron chi connectivity index (χ2n) is 5.34. The fraction of sp³-hybridized carbons (Fsp3) is 1.00. The zero-order valence-electron chi connectivity index (χ0n) is 12.0. The van der Waals surface area contributed by atoms with Gasteiger partial charge in [-0.05, 0) is 26.7 Å². The Bertz CT molecular complexity index is 199. The molecule has 1 heterocycles. The molecule has 0 bridgehead atoms. The molecule has 1 aliphatic rings. The van der Waals surface area contributed by atoms with Gasteiger partial charge in [0.2, 0.25) is 0 Å². The van der Waals surface area contributed by atoms with Gasteiger partial charge in [0, 0.05) is 31.7 Å². The molecule has 0 spiro atoms.